The zero-order chi connectivity index (χ0) is 20.5. The Morgan fingerprint density at radius 1 is 1.17 bits per heavy atom. The zero-order valence-corrected chi connectivity index (χ0v) is 16.1. The highest BCUT2D eigenvalue weighted by Gasteiger charge is 2.35. The molecule has 0 bridgehead atoms. The number of anilines is 4. The number of carbonyl (C=O) groups is 3. The second-order valence-electron chi connectivity index (χ2n) is 7.29. The van der Waals surface area contributed by atoms with Crippen molar-refractivity contribution in [2.45, 2.75) is 32.1 Å². The number of hydrogen-bond acceptors (Lipinski definition) is 7. The molecule has 1 aromatic heterocycles. The molecule has 1 aromatic carbocycles. The average molecular weight is 394 g/mol. The van der Waals surface area contributed by atoms with Crippen LogP contribution in [-0.4, -0.2) is 40.7 Å². The molecule has 2 amide bonds. The van der Waals surface area contributed by atoms with Crippen LogP contribution in [0.5, 0.6) is 0 Å². The van der Waals surface area contributed by atoms with Crippen molar-refractivity contribution in [1.82, 2.24) is 9.97 Å². The first-order chi connectivity index (χ1) is 13.9. The largest absolute Gasteiger partial charge is 0.383 e. The molecule has 2 aliphatic rings. The maximum absolute atomic E-state index is 12.9. The van der Waals surface area contributed by atoms with Gasteiger partial charge in [0.15, 0.2) is 5.78 Å². The molecule has 29 heavy (non-hydrogen) atoms. The van der Waals surface area contributed by atoms with Crippen LogP contribution in [0.4, 0.5) is 23.3 Å². The summed E-state index contributed by atoms with van der Waals surface area (Å²) in [6.45, 7) is 3.16. The van der Waals surface area contributed by atoms with Gasteiger partial charge in [-0.2, -0.15) is 9.97 Å². The van der Waals surface area contributed by atoms with E-state index in [4.69, 9.17) is 5.73 Å². The van der Waals surface area contributed by atoms with Gasteiger partial charge in [0.25, 0.3) is 0 Å². The van der Waals surface area contributed by atoms with Crippen molar-refractivity contribution in [2.24, 2.45) is 0 Å². The van der Waals surface area contributed by atoms with E-state index in [0.29, 0.717) is 28.6 Å². The molecule has 0 unspecified atom stereocenters. The molecule has 4 rings (SSSR count). The van der Waals surface area contributed by atoms with Crippen molar-refractivity contribution in [2.75, 3.05) is 34.4 Å². The second kappa shape index (κ2) is 7.50. The maximum atomic E-state index is 12.9. The van der Waals surface area contributed by atoms with E-state index in [9.17, 15) is 14.4 Å². The first kappa shape index (κ1) is 18.9. The van der Waals surface area contributed by atoms with Crippen LogP contribution in [0.1, 0.15) is 48.0 Å². The molecule has 3 heterocycles. The van der Waals surface area contributed by atoms with Gasteiger partial charge in [-0.15, -0.1) is 0 Å². The van der Waals surface area contributed by atoms with Crippen molar-refractivity contribution in [3.05, 3.63) is 35.4 Å². The predicted molar refractivity (Wildman–Crippen MR) is 109 cm³/mol. The molecule has 4 N–H and O–H groups in total. The number of rotatable bonds is 4. The number of amides is 2. The van der Waals surface area contributed by atoms with E-state index in [0.717, 1.165) is 25.9 Å². The van der Waals surface area contributed by atoms with E-state index >= 15 is 0 Å². The lowest BCUT2D eigenvalue weighted by atomic mass is 9.92. The topological polar surface area (TPSA) is 130 Å². The van der Waals surface area contributed by atoms with Crippen molar-refractivity contribution in [3.8, 4) is 0 Å². The van der Waals surface area contributed by atoms with Gasteiger partial charge in [0.05, 0.1) is 11.5 Å². The minimum absolute atomic E-state index is 0.0407. The highest BCUT2D eigenvalue weighted by atomic mass is 16.2. The van der Waals surface area contributed by atoms with Gasteiger partial charge in [-0.3, -0.25) is 14.4 Å². The summed E-state index contributed by atoms with van der Waals surface area (Å²) >= 11 is 0. The van der Waals surface area contributed by atoms with E-state index in [1.54, 1.807) is 24.3 Å². The molecule has 0 spiro atoms. The highest BCUT2D eigenvalue weighted by Crippen LogP contribution is 2.37. The molecule has 0 aliphatic carbocycles. The predicted octanol–water partition coefficient (Wildman–Crippen LogP) is 1.93. The minimum Gasteiger partial charge on any atom is -0.383 e. The highest BCUT2D eigenvalue weighted by molar-refractivity contribution is 6.05. The van der Waals surface area contributed by atoms with E-state index in [1.807, 2.05) is 4.90 Å². The minimum atomic E-state index is -0.793. The average Bonchev–Trinajstić information content (AvgIpc) is 3.22. The summed E-state index contributed by atoms with van der Waals surface area (Å²) < 4.78 is 0. The number of ketones is 1. The van der Waals surface area contributed by atoms with Gasteiger partial charge in [0.1, 0.15) is 11.6 Å². The number of carbonyl (C=O) groups excluding carboxylic acids is 3. The Kier molecular flexibility index (Phi) is 4.87. The Bertz CT molecular complexity index is 982. The van der Waals surface area contributed by atoms with Crippen molar-refractivity contribution in [3.63, 3.8) is 0 Å². The lowest BCUT2D eigenvalue weighted by Gasteiger charge is -2.26. The molecule has 1 saturated heterocycles. The fourth-order valence-electron chi connectivity index (χ4n) is 3.68. The number of nitrogens with two attached hydrogens (primary N) is 1. The smallest absolute Gasteiger partial charge is 0.232 e. The standard InChI is InChI=1S/C20H22N6O3/c1-11(27)12-4-6-13(7-5-12)22-19(29)14-10-15(28)23-18-16(14)17(21)24-20(25-18)26-8-2-3-9-26/h4-7,14H,2-3,8-10H2,1H3,(H,22,29)(H3,21,23,24,25,28)/t14-/m0/s1. The van der Waals surface area contributed by atoms with Crippen molar-refractivity contribution >= 4 is 40.9 Å². The van der Waals surface area contributed by atoms with Gasteiger partial charge in [-0.05, 0) is 44.0 Å². The fourth-order valence-corrected chi connectivity index (χ4v) is 3.68. The third kappa shape index (κ3) is 3.75. The normalized spacial score (nSPS) is 18.2. The van der Waals surface area contributed by atoms with Crippen LogP contribution < -0.4 is 21.3 Å². The molecule has 150 valence electrons. The van der Waals surface area contributed by atoms with Crippen LogP contribution in [0.2, 0.25) is 0 Å². The summed E-state index contributed by atoms with van der Waals surface area (Å²) in [4.78, 5) is 47.4. The Balaban J connectivity index is 1.60. The molecular formula is C20H22N6O3. The maximum Gasteiger partial charge on any atom is 0.232 e. The molecule has 9 nitrogen and oxygen atoms in total. The lowest BCUT2D eigenvalue weighted by molar-refractivity contribution is -0.123. The fraction of sp³-hybridized carbons (Fsp3) is 0.350. The number of Topliss-reactive ketones (excluding diaryl/α,β-unsaturated/α-hetero) is 1. The summed E-state index contributed by atoms with van der Waals surface area (Å²) in [6.07, 6.45) is 2.07. The molecule has 1 fully saturated rings. The van der Waals surface area contributed by atoms with Gasteiger partial charge in [-0.1, -0.05) is 0 Å². The molecular weight excluding hydrogens is 372 g/mol. The van der Waals surface area contributed by atoms with E-state index in [2.05, 4.69) is 20.6 Å². The monoisotopic (exact) mass is 394 g/mol. The molecule has 2 aromatic rings. The Morgan fingerprint density at radius 3 is 2.52 bits per heavy atom. The van der Waals surface area contributed by atoms with Gasteiger partial charge >= 0.3 is 0 Å². The Labute approximate surface area is 167 Å². The number of hydrogen-bond donors (Lipinski definition) is 3. The SMILES string of the molecule is CC(=O)c1ccc(NC(=O)[C@H]2CC(=O)Nc3nc(N4CCCC4)nc(N)c32)cc1. The van der Waals surface area contributed by atoms with Gasteiger partial charge in [0.2, 0.25) is 17.8 Å². The first-order valence-corrected chi connectivity index (χ1v) is 9.56. The summed E-state index contributed by atoms with van der Waals surface area (Å²) in [5.74, 6) is -0.555. The molecule has 0 saturated carbocycles. The summed E-state index contributed by atoms with van der Waals surface area (Å²) in [5, 5.41) is 5.50. The Morgan fingerprint density at radius 2 is 1.86 bits per heavy atom. The number of benzene rings is 1. The number of nitrogen functional groups attached to an aromatic ring is 1. The third-order valence-electron chi connectivity index (χ3n) is 5.22. The Hall–Kier alpha value is -3.49. The van der Waals surface area contributed by atoms with Crippen LogP contribution in [0.3, 0.4) is 0 Å². The summed E-state index contributed by atoms with van der Waals surface area (Å²) in [7, 11) is 0. The van der Waals surface area contributed by atoms with Crippen LogP contribution in [0.25, 0.3) is 0 Å². The van der Waals surface area contributed by atoms with E-state index < -0.39 is 5.92 Å². The molecule has 0 radical (unpaired) electrons. The van der Waals surface area contributed by atoms with Gasteiger partial charge < -0.3 is 21.3 Å². The molecule has 1 atom stereocenters. The zero-order valence-electron chi connectivity index (χ0n) is 16.1. The number of nitrogens with zero attached hydrogens (tertiary/aromatic N) is 3. The van der Waals surface area contributed by atoms with Crippen LogP contribution >= 0.6 is 0 Å². The summed E-state index contributed by atoms with van der Waals surface area (Å²) in [5.41, 5.74) is 7.70. The quantitative estimate of drug-likeness (QED) is 0.675. The van der Waals surface area contributed by atoms with Crippen molar-refractivity contribution in [1.29, 1.82) is 0 Å². The molecule has 9 heteroatoms. The third-order valence-corrected chi connectivity index (χ3v) is 5.22. The summed E-state index contributed by atoms with van der Waals surface area (Å²) in [6, 6.07) is 6.57. The van der Waals surface area contributed by atoms with Crippen LogP contribution in [-0.2, 0) is 9.59 Å². The number of aromatic nitrogens is 2. The lowest BCUT2D eigenvalue weighted by Crippen LogP contribution is -2.33. The van der Waals surface area contributed by atoms with Gasteiger partial charge in [-0.25, -0.2) is 0 Å². The first-order valence-electron chi connectivity index (χ1n) is 9.56. The number of nitrogens with one attached hydrogen (secondary N) is 2. The molecule has 2 aliphatic heterocycles. The van der Waals surface area contributed by atoms with Crippen LogP contribution in [0, 0.1) is 0 Å². The second-order valence-corrected chi connectivity index (χ2v) is 7.29. The van der Waals surface area contributed by atoms with E-state index in [-0.39, 0.29) is 29.8 Å². The van der Waals surface area contributed by atoms with Crippen molar-refractivity contribution < 1.29 is 14.4 Å². The van der Waals surface area contributed by atoms with Crippen LogP contribution in [0.15, 0.2) is 24.3 Å². The van der Waals surface area contributed by atoms with E-state index in [1.165, 1.54) is 6.92 Å². The van der Waals surface area contributed by atoms with Gasteiger partial charge in [0, 0.05) is 30.8 Å². The number of fused-ring (bicyclic) bond motifs is 1.